The van der Waals surface area contributed by atoms with Crippen molar-refractivity contribution in [2.45, 2.75) is 0 Å². The van der Waals surface area contributed by atoms with E-state index in [1.165, 1.54) is 11.1 Å². The van der Waals surface area contributed by atoms with Gasteiger partial charge in [0.2, 0.25) is 0 Å². The largest absolute Gasteiger partial charge is 0.332 e. The zero-order chi connectivity index (χ0) is 21.3. The van der Waals surface area contributed by atoms with Crippen LogP contribution in [-0.2, 0) is 0 Å². The van der Waals surface area contributed by atoms with Gasteiger partial charge in [-0.2, -0.15) is 0 Å². The minimum absolute atomic E-state index is 0.901. The number of hydrogen-bond donors (Lipinski definition) is 2. The van der Waals surface area contributed by atoms with E-state index < -0.39 is 0 Å². The molecule has 6 aromatic rings. The van der Waals surface area contributed by atoms with Gasteiger partial charge >= 0.3 is 0 Å². The lowest BCUT2D eigenvalue weighted by Gasteiger charge is -2.01. The Morgan fingerprint density at radius 2 is 0.938 bits per heavy atom. The van der Waals surface area contributed by atoms with E-state index in [9.17, 15) is 0 Å². The van der Waals surface area contributed by atoms with Gasteiger partial charge in [-0.3, -0.25) is 0 Å². The number of nitrogens with zero attached hydrogens (tertiary/aromatic N) is 2. The van der Waals surface area contributed by atoms with Gasteiger partial charge in [0.05, 0.1) is 20.4 Å². The number of rotatable bonds is 5. The van der Waals surface area contributed by atoms with E-state index >= 15 is 0 Å². The first-order valence-electron chi connectivity index (χ1n) is 10.3. The molecular weight excluding hydrogens is 432 g/mol. The minimum Gasteiger partial charge on any atom is -0.332 e. The van der Waals surface area contributed by atoms with E-state index in [2.05, 4.69) is 47.0 Å². The number of thiazole rings is 2. The predicted octanol–water partition coefficient (Wildman–Crippen LogP) is 8.06. The van der Waals surface area contributed by atoms with Crippen LogP contribution in [0.25, 0.3) is 31.6 Å². The smallest absolute Gasteiger partial charge is 0.188 e. The number of benzene rings is 4. The summed E-state index contributed by atoms with van der Waals surface area (Å²) in [7, 11) is 0. The molecule has 2 N–H and O–H groups in total. The molecule has 0 aliphatic heterocycles. The van der Waals surface area contributed by atoms with Crippen molar-refractivity contribution in [3.05, 3.63) is 97.1 Å². The Hall–Kier alpha value is -3.74. The summed E-state index contributed by atoms with van der Waals surface area (Å²) in [6.45, 7) is 0. The summed E-state index contributed by atoms with van der Waals surface area (Å²) in [6.07, 6.45) is 0. The number of para-hydroxylation sites is 2. The van der Waals surface area contributed by atoms with Gasteiger partial charge in [-0.15, -0.1) is 0 Å². The van der Waals surface area contributed by atoms with Gasteiger partial charge in [-0.1, -0.05) is 71.2 Å². The van der Waals surface area contributed by atoms with Gasteiger partial charge in [0.15, 0.2) is 10.3 Å². The SMILES string of the molecule is c1ccc(Nc2nc3ccc(-c4ccc5nc(Nc6ccccc6)sc5c4)cc3s2)cc1. The summed E-state index contributed by atoms with van der Waals surface area (Å²) >= 11 is 3.34. The molecular formula is C26H18N4S2. The van der Waals surface area contributed by atoms with Crippen LogP contribution in [0, 0.1) is 0 Å². The van der Waals surface area contributed by atoms with Crippen LogP contribution in [0.4, 0.5) is 21.6 Å². The highest BCUT2D eigenvalue weighted by Gasteiger charge is 2.09. The molecule has 0 unspecified atom stereocenters. The summed E-state index contributed by atoms with van der Waals surface area (Å²) < 4.78 is 2.33. The fourth-order valence-corrected chi connectivity index (χ4v) is 5.46. The summed E-state index contributed by atoms with van der Waals surface area (Å²) in [6, 6.07) is 33.2. The van der Waals surface area contributed by atoms with Crippen molar-refractivity contribution in [3.63, 3.8) is 0 Å². The molecule has 4 nitrogen and oxygen atoms in total. The normalized spacial score (nSPS) is 11.1. The molecule has 2 aromatic heterocycles. The molecule has 154 valence electrons. The van der Waals surface area contributed by atoms with Crippen LogP contribution >= 0.6 is 22.7 Å². The van der Waals surface area contributed by atoms with Crippen molar-refractivity contribution in [1.82, 2.24) is 9.97 Å². The Labute approximate surface area is 193 Å². The van der Waals surface area contributed by atoms with E-state index in [1.807, 2.05) is 60.7 Å². The molecule has 2 heterocycles. The van der Waals surface area contributed by atoms with E-state index in [0.717, 1.165) is 42.1 Å². The molecule has 32 heavy (non-hydrogen) atoms. The van der Waals surface area contributed by atoms with Crippen LogP contribution in [0.2, 0.25) is 0 Å². The van der Waals surface area contributed by atoms with Gasteiger partial charge in [-0.25, -0.2) is 9.97 Å². The first kappa shape index (κ1) is 19.0. The summed E-state index contributed by atoms with van der Waals surface area (Å²) in [4.78, 5) is 9.45. The zero-order valence-electron chi connectivity index (χ0n) is 16.9. The van der Waals surface area contributed by atoms with Gasteiger partial charge in [0.25, 0.3) is 0 Å². The zero-order valence-corrected chi connectivity index (χ0v) is 18.6. The topological polar surface area (TPSA) is 49.8 Å². The minimum atomic E-state index is 0.901. The molecule has 0 atom stereocenters. The number of aromatic nitrogens is 2. The van der Waals surface area contributed by atoms with Crippen LogP contribution in [0.1, 0.15) is 0 Å². The Morgan fingerprint density at radius 3 is 1.38 bits per heavy atom. The molecule has 0 saturated carbocycles. The van der Waals surface area contributed by atoms with Crippen molar-refractivity contribution in [2.24, 2.45) is 0 Å². The summed E-state index contributed by atoms with van der Waals surface area (Å²) in [5, 5.41) is 8.59. The first-order valence-corrected chi connectivity index (χ1v) is 11.9. The van der Waals surface area contributed by atoms with Gasteiger partial charge in [0.1, 0.15) is 0 Å². The fraction of sp³-hybridized carbons (Fsp3) is 0. The molecule has 0 radical (unpaired) electrons. The third-order valence-electron chi connectivity index (χ3n) is 5.16. The van der Waals surface area contributed by atoms with Crippen molar-refractivity contribution >= 4 is 64.7 Å². The van der Waals surface area contributed by atoms with Crippen LogP contribution in [0.5, 0.6) is 0 Å². The monoisotopic (exact) mass is 450 g/mol. The van der Waals surface area contributed by atoms with Crippen molar-refractivity contribution in [1.29, 1.82) is 0 Å². The first-order chi connectivity index (χ1) is 15.8. The van der Waals surface area contributed by atoms with E-state index in [1.54, 1.807) is 22.7 Å². The second-order valence-corrected chi connectivity index (χ2v) is 9.45. The third kappa shape index (κ3) is 3.82. The fourth-order valence-electron chi connectivity index (χ4n) is 3.61. The van der Waals surface area contributed by atoms with Crippen molar-refractivity contribution in [2.75, 3.05) is 10.6 Å². The van der Waals surface area contributed by atoms with Crippen LogP contribution in [0.15, 0.2) is 97.1 Å². The maximum absolute atomic E-state index is 4.73. The van der Waals surface area contributed by atoms with Crippen molar-refractivity contribution < 1.29 is 0 Å². The second-order valence-electron chi connectivity index (χ2n) is 7.39. The molecule has 0 spiro atoms. The van der Waals surface area contributed by atoms with Gasteiger partial charge in [0, 0.05) is 11.4 Å². The number of nitrogens with one attached hydrogen (secondary N) is 2. The van der Waals surface area contributed by atoms with Crippen LogP contribution in [0.3, 0.4) is 0 Å². The summed E-state index contributed by atoms with van der Waals surface area (Å²) in [5.74, 6) is 0. The Balaban J connectivity index is 1.29. The third-order valence-corrected chi connectivity index (χ3v) is 7.03. The van der Waals surface area contributed by atoms with E-state index in [-0.39, 0.29) is 0 Å². The molecule has 0 amide bonds. The van der Waals surface area contributed by atoms with Crippen molar-refractivity contribution in [3.8, 4) is 11.1 Å². The lowest BCUT2D eigenvalue weighted by Crippen LogP contribution is -1.87. The van der Waals surface area contributed by atoms with Gasteiger partial charge in [-0.05, 0) is 59.7 Å². The molecule has 4 aromatic carbocycles. The molecule has 0 aliphatic carbocycles. The molecule has 6 rings (SSSR count). The molecule has 6 heteroatoms. The number of hydrogen-bond acceptors (Lipinski definition) is 6. The molecule has 0 saturated heterocycles. The molecule has 0 aliphatic rings. The predicted molar refractivity (Wildman–Crippen MR) is 138 cm³/mol. The number of fused-ring (bicyclic) bond motifs is 2. The average Bonchev–Trinajstić information content (AvgIpc) is 3.42. The maximum atomic E-state index is 4.73. The van der Waals surface area contributed by atoms with E-state index in [4.69, 9.17) is 9.97 Å². The lowest BCUT2D eigenvalue weighted by atomic mass is 10.1. The standard InChI is InChI=1S/C26H18N4S2/c1-3-7-19(8-4-1)27-25-29-21-13-11-17(15-23(21)31-25)18-12-14-22-24(16-18)32-26(30-22)28-20-9-5-2-6-10-20/h1-16H,(H,27,29)(H,28,30). The highest BCUT2D eigenvalue weighted by molar-refractivity contribution is 7.22. The number of anilines is 4. The Kier molecular flexibility index (Phi) is 4.79. The Morgan fingerprint density at radius 1 is 0.500 bits per heavy atom. The second kappa shape index (κ2) is 8.07. The highest BCUT2D eigenvalue weighted by atomic mass is 32.1. The maximum Gasteiger partial charge on any atom is 0.188 e. The van der Waals surface area contributed by atoms with Gasteiger partial charge < -0.3 is 10.6 Å². The summed E-state index contributed by atoms with van der Waals surface area (Å²) in [5.41, 5.74) is 6.46. The molecule has 0 bridgehead atoms. The van der Waals surface area contributed by atoms with E-state index in [0.29, 0.717) is 0 Å². The Bertz CT molecular complexity index is 1400. The average molecular weight is 451 g/mol. The van der Waals surface area contributed by atoms with Crippen LogP contribution in [-0.4, -0.2) is 9.97 Å². The molecule has 0 fully saturated rings. The van der Waals surface area contributed by atoms with Crippen LogP contribution < -0.4 is 10.6 Å². The lowest BCUT2D eigenvalue weighted by molar-refractivity contribution is 1.44. The quantitative estimate of drug-likeness (QED) is 0.279. The highest BCUT2D eigenvalue weighted by Crippen LogP contribution is 2.35.